The van der Waals surface area contributed by atoms with Gasteiger partial charge in [-0.05, 0) is 54.8 Å². The van der Waals surface area contributed by atoms with Gasteiger partial charge in [0.2, 0.25) is 0 Å². The molecule has 3 aromatic rings. The predicted octanol–water partition coefficient (Wildman–Crippen LogP) is 5.30. The van der Waals surface area contributed by atoms with Gasteiger partial charge < -0.3 is 0 Å². The molecule has 2 aromatic carbocycles. The van der Waals surface area contributed by atoms with E-state index in [9.17, 15) is 0 Å². The molecule has 0 unspecified atom stereocenters. The van der Waals surface area contributed by atoms with Gasteiger partial charge in [-0.1, -0.05) is 37.9 Å². The quantitative estimate of drug-likeness (QED) is 0.540. The molecule has 0 bridgehead atoms. The smallest absolute Gasteiger partial charge is 0.100 e. The van der Waals surface area contributed by atoms with Crippen LogP contribution in [-0.2, 0) is 5.33 Å². The third kappa shape index (κ3) is 2.31. The lowest BCUT2D eigenvalue weighted by atomic mass is 10.1. The molecule has 0 aliphatic carbocycles. The zero-order valence-electron chi connectivity index (χ0n) is 11.3. The number of aryl methyl sites for hydroxylation is 2. The molecule has 0 atom stereocenters. The van der Waals surface area contributed by atoms with E-state index >= 15 is 0 Å². The summed E-state index contributed by atoms with van der Waals surface area (Å²) in [5.74, 6) is 0. The van der Waals surface area contributed by atoms with E-state index in [2.05, 4.69) is 85.6 Å². The highest BCUT2D eigenvalue weighted by Crippen LogP contribution is 2.26. The molecule has 4 heteroatoms. The summed E-state index contributed by atoms with van der Waals surface area (Å²) in [6.45, 7) is 4.26. The highest BCUT2D eigenvalue weighted by molar-refractivity contribution is 9.10. The van der Waals surface area contributed by atoms with Gasteiger partial charge in [0.05, 0.1) is 11.0 Å². The van der Waals surface area contributed by atoms with E-state index < -0.39 is 0 Å². The van der Waals surface area contributed by atoms with Gasteiger partial charge in [-0.3, -0.25) is 4.57 Å². The van der Waals surface area contributed by atoms with Crippen LogP contribution in [0.4, 0.5) is 0 Å². The van der Waals surface area contributed by atoms with Crippen LogP contribution in [0, 0.1) is 13.8 Å². The first-order valence-electron chi connectivity index (χ1n) is 6.39. The number of nitrogens with zero attached hydrogens (tertiary/aromatic N) is 2. The lowest BCUT2D eigenvalue weighted by Gasteiger charge is -2.08. The van der Waals surface area contributed by atoms with Gasteiger partial charge in [-0.15, -0.1) is 0 Å². The van der Waals surface area contributed by atoms with E-state index in [0.717, 1.165) is 26.5 Å². The number of imidazole rings is 1. The molecule has 0 radical (unpaired) electrons. The highest BCUT2D eigenvalue weighted by atomic mass is 79.9. The van der Waals surface area contributed by atoms with E-state index in [1.54, 1.807) is 0 Å². The van der Waals surface area contributed by atoms with E-state index in [0.29, 0.717) is 0 Å². The minimum absolute atomic E-state index is 0.844. The fraction of sp³-hybridized carbons (Fsp3) is 0.188. The van der Waals surface area contributed by atoms with Crippen molar-refractivity contribution < 1.29 is 0 Å². The van der Waals surface area contributed by atoms with E-state index in [-0.39, 0.29) is 0 Å². The lowest BCUT2D eigenvalue weighted by molar-refractivity contribution is 1.08. The van der Waals surface area contributed by atoms with Gasteiger partial charge in [-0.2, -0.15) is 0 Å². The Labute approximate surface area is 135 Å². The van der Waals surface area contributed by atoms with Crippen molar-refractivity contribution in [3.63, 3.8) is 0 Å². The summed E-state index contributed by atoms with van der Waals surface area (Å²) in [5, 5.41) is 0.844. The topological polar surface area (TPSA) is 17.8 Å². The number of aromatic nitrogens is 2. The first-order valence-corrected chi connectivity index (χ1v) is 8.30. The second-order valence-electron chi connectivity index (χ2n) is 4.95. The number of fused-ring (bicyclic) bond motifs is 1. The maximum atomic E-state index is 4.51. The first kappa shape index (κ1) is 13.8. The molecule has 0 fully saturated rings. The maximum absolute atomic E-state index is 4.51. The van der Waals surface area contributed by atoms with E-state index in [4.69, 9.17) is 0 Å². The molecular formula is C16H14Br2N2. The van der Waals surface area contributed by atoms with Crippen molar-refractivity contribution >= 4 is 42.9 Å². The van der Waals surface area contributed by atoms with Crippen LogP contribution in [0.15, 0.2) is 41.1 Å². The summed E-state index contributed by atoms with van der Waals surface area (Å²) in [6.07, 6.45) is 1.89. The van der Waals surface area contributed by atoms with Gasteiger partial charge in [0.1, 0.15) is 6.33 Å². The van der Waals surface area contributed by atoms with Crippen molar-refractivity contribution in [2.24, 2.45) is 0 Å². The summed E-state index contributed by atoms with van der Waals surface area (Å²) < 4.78 is 3.24. The number of hydrogen-bond acceptors (Lipinski definition) is 1. The molecule has 0 N–H and O–H groups in total. The first-order chi connectivity index (χ1) is 9.60. The molecule has 1 heterocycles. The van der Waals surface area contributed by atoms with Crippen molar-refractivity contribution in [3.8, 4) is 5.69 Å². The fourth-order valence-electron chi connectivity index (χ4n) is 2.26. The Morgan fingerprint density at radius 1 is 1.10 bits per heavy atom. The Morgan fingerprint density at radius 2 is 1.85 bits per heavy atom. The summed E-state index contributed by atoms with van der Waals surface area (Å²) in [5.41, 5.74) is 7.10. The Balaban J connectivity index is 2.19. The van der Waals surface area contributed by atoms with Gasteiger partial charge in [0, 0.05) is 15.5 Å². The zero-order chi connectivity index (χ0) is 14.3. The molecule has 102 valence electrons. The molecule has 0 saturated heterocycles. The van der Waals surface area contributed by atoms with Crippen LogP contribution in [0.2, 0.25) is 0 Å². The molecule has 0 aliphatic heterocycles. The molecule has 0 aliphatic rings. The van der Waals surface area contributed by atoms with Gasteiger partial charge >= 0.3 is 0 Å². The Morgan fingerprint density at radius 3 is 2.55 bits per heavy atom. The minimum Gasteiger partial charge on any atom is -0.299 e. The number of halogens is 2. The molecule has 20 heavy (non-hydrogen) atoms. The SMILES string of the molecule is Cc1cc2ncn(-c3ccc(CBr)c(Br)c3)c2cc1C. The molecule has 3 rings (SSSR count). The van der Waals surface area contributed by atoms with Crippen LogP contribution in [-0.4, -0.2) is 9.55 Å². The van der Waals surface area contributed by atoms with Crippen LogP contribution in [0.3, 0.4) is 0 Å². The standard InChI is InChI=1S/C16H14Br2N2/c1-10-5-15-16(6-11(10)2)20(9-19-15)13-4-3-12(8-17)14(18)7-13/h3-7,9H,8H2,1-2H3. The number of hydrogen-bond donors (Lipinski definition) is 0. The predicted molar refractivity (Wildman–Crippen MR) is 90.9 cm³/mol. The van der Waals surface area contributed by atoms with Crippen molar-refractivity contribution in [1.82, 2.24) is 9.55 Å². The van der Waals surface area contributed by atoms with Crippen molar-refractivity contribution in [2.45, 2.75) is 19.2 Å². The average Bonchev–Trinajstić information content (AvgIpc) is 2.82. The van der Waals surface area contributed by atoms with Crippen LogP contribution >= 0.6 is 31.9 Å². The number of alkyl halides is 1. The third-order valence-electron chi connectivity index (χ3n) is 3.62. The maximum Gasteiger partial charge on any atom is 0.100 e. The summed E-state index contributed by atoms with van der Waals surface area (Å²) >= 11 is 7.11. The summed E-state index contributed by atoms with van der Waals surface area (Å²) in [7, 11) is 0. The van der Waals surface area contributed by atoms with Crippen LogP contribution in [0.5, 0.6) is 0 Å². The third-order valence-corrected chi connectivity index (χ3v) is 4.96. The van der Waals surface area contributed by atoms with Gasteiger partial charge in [0.25, 0.3) is 0 Å². The molecule has 0 saturated carbocycles. The largest absolute Gasteiger partial charge is 0.299 e. The lowest BCUT2D eigenvalue weighted by Crippen LogP contribution is -1.94. The highest BCUT2D eigenvalue weighted by Gasteiger charge is 2.08. The Hall–Kier alpha value is -1.13. The van der Waals surface area contributed by atoms with Crippen molar-refractivity contribution in [2.75, 3.05) is 0 Å². The second kappa shape index (κ2) is 5.34. The molecule has 1 aromatic heterocycles. The molecule has 2 nitrogen and oxygen atoms in total. The molecule has 0 spiro atoms. The average molecular weight is 394 g/mol. The van der Waals surface area contributed by atoms with Crippen molar-refractivity contribution in [3.05, 3.63) is 57.8 Å². The van der Waals surface area contributed by atoms with E-state index in [1.807, 2.05) is 6.33 Å². The van der Waals surface area contributed by atoms with Crippen LogP contribution < -0.4 is 0 Å². The Kier molecular flexibility index (Phi) is 3.69. The number of benzene rings is 2. The summed E-state index contributed by atoms with van der Waals surface area (Å²) in [6, 6.07) is 10.7. The van der Waals surface area contributed by atoms with Crippen molar-refractivity contribution in [1.29, 1.82) is 0 Å². The van der Waals surface area contributed by atoms with Gasteiger partial charge in [-0.25, -0.2) is 4.98 Å². The fourth-order valence-corrected chi connectivity index (χ4v) is 3.64. The van der Waals surface area contributed by atoms with Gasteiger partial charge in [0.15, 0.2) is 0 Å². The number of rotatable bonds is 2. The monoisotopic (exact) mass is 392 g/mol. The van der Waals surface area contributed by atoms with E-state index in [1.165, 1.54) is 16.7 Å². The molecule has 0 amide bonds. The summed E-state index contributed by atoms with van der Waals surface area (Å²) in [4.78, 5) is 4.51. The second-order valence-corrected chi connectivity index (χ2v) is 6.36. The van der Waals surface area contributed by atoms with Crippen LogP contribution in [0.25, 0.3) is 16.7 Å². The zero-order valence-corrected chi connectivity index (χ0v) is 14.5. The normalized spacial score (nSPS) is 11.2. The van der Waals surface area contributed by atoms with Crippen LogP contribution in [0.1, 0.15) is 16.7 Å². The Bertz CT molecular complexity index is 791. The molecular weight excluding hydrogens is 380 g/mol. The minimum atomic E-state index is 0.844.